The zero-order valence-corrected chi connectivity index (χ0v) is 14.4. The Labute approximate surface area is 137 Å². The molecule has 1 N–H and O–H groups in total. The van der Waals surface area contributed by atoms with Crippen LogP contribution in [0.4, 0.5) is 0 Å². The highest BCUT2D eigenvalue weighted by Gasteiger charge is 2.34. The molecule has 0 bridgehead atoms. The third-order valence-corrected chi connectivity index (χ3v) is 4.54. The molecule has 1 aliphatic heterocycles. The summed E-state index contributed by atoms with van der Waals surface area (Å²) < 4.78 is 0. The molecule has 1 aromatic heterocycles. The summed E-state index contributed by atoms with van der Waals surface area (Å²) in [6.45, 7) is 7.94. The number of likely N-dealkylation sites (tertiary alicyclic amines) is 1. The first-order valence-corrected chi connectivity index (χ1v) is 8.33. The number of aromatic amines is 1. The van der Waals surface area contributed by atoms with Crippen molar-refractivity contribution in [3.63, 3.8) is 0 Å². The molecule has 5 nitrogen and oxygen atoms in total. The van der Waals surface area contributed by atoms with Crippen molar-refractivity contribution in [2.24, 2.45) is 5.41 Å². The number of allylic oxidation sites excluding steroid dienone is 2. The monoisotopic (exact) mass is 317 g/mol. The molecule has 126 valence electrons. The molecule has 1 aromatic rings. The van der Waals surface area contributed by atoms with Gasteiger partial charge < -0.3 is 9.88 Å². The van der Waals surface area contributed by atoms with Crippen molar-refractivity contribution in [1.82, 2.24) is 14.9 Å². The molecule has 0 aliphatic carbocycles. The van der Waals surface area contributed by atoms with E-state index in [1.165, 1.54) is 18.0 Å². The number of nitrogens with zero attached hydrogens (tertiary/aromatic N) is 2. The van der Waals surface area contributed by atoms with Crippen LogP contribution in [0.5, 0.6) is 0 Å². The normalized spacial score (nSPS) is 21.3. The molecule has 1 aliphatic rings. The lowest BCUT2D eigenvalue weighted by Gasteiger charge is -2.40. The number of aromatic nitrogens is 2. The first kappa shape index (κ1) is 17.4. The third-order valence-electron chi connectivity index (χ3n) is 4.54. The van der Waals surface area contributed by atoms with Gasteiger partial charge >= 0.3 is 0 Å². The van der Waals surface area contributed by atoms with Crippen LogP contribution in [0.25, 0.3) is 0 Å². The summed E-state index contributed by atoms with van der Waals surface area (Å²) in [6.07, 6.45) is 8.06. The lowest BCUT2D eigenvalue weighted by molar-refractivity contribution is -0.137. The Morgan fingerprint density at radius 1 is 1.43 bits per heavy atom. The van der Waals surface area contributed by atoms with Gasteiger partial charge in [0.15, 0.2) is 0 Å². The second kappa shape index (κ2) is 7.57. The van der Waals surface area contributed by atoms with Gasteiger partial charge in [0, 0.05) is 37.7 Å². The summed E-state index contributed by atoms with van der Waals surface area (Å²) in [5.41, 5.74) is 2.11. The van der Waals surface area contributed by atoms with E-state index in [1.807, 2.05) is 4.90 Å². The molecule has 1 saturated heterocycles. The number of carbonyl (C=O) groups excluding carboxylic acids is 1. The molecule has 2 heterocycles. The summed E-state index contributed by atoms with van der Waals surface area (Å²) in [7, 11) is 0. The van der Waals surface area contributed by atoms with Gasteiger partial charge in [-0.05, 0) is 38.5 Å². The van der Waals surface area contributed by atoms with Crippen LogP contribution in [0, 0.1) is 5.41 Å². The minimum absolute atomic E-state index is 0.147. The van der Waals surface area contributed by atoms with Crippen LogP contribution in [-0.4, -0.2) is 33.9 Å². The van der Waals surface area contributed by atoms with Crippen LogP contribution in [0.15, 0.2) is 28.8 Å². The smallest absolute Gasteiger partial charge is 0.250 e. The average molecular weight is 317 g/mol. The molecule has 1 amide bonds. The molecule has 1 fully saturated rings. The van der Waals surface area contributed by atoms with Crippen molar-refractivity contribution >= 4 is 5.91 Å². The molecule has 23 heavy (non-hydrogen) atoms. The quantitative estimate of drug-likeness (QED) is 0.820. The number of hydrogen-bond acceptors (Lipinski definition) is 3. The van der Waals surface area contributed by atoms with Crippen molar-refractivity contribution in [2.45, 2.75) is 52.9 Å². The topological polar surface area (TPSA) is 66.1 Å². The van der Waals surface area contributed by atoms with Gasteiger partial charge in [0.05, 0.1) is 6.33 Å². The summed E-state index contributed by atoms with van der Waals surface area (Å²) in [5.74, 6) is 0.217. The Morgan fingerprint density at radius 2 is 2.22 bits per heavy atom. The fourth-order valence-electron chi connectivity index (χ4n) is 3.11. The highest BCUT2D eigenvalue weighted by atomic mass is 16.2. The number of rotatable bonds is 6. The van der Waals surface area contributed by atoms with E-state index in [0.717, 1.165) is 31.5 Å². The second-order valence-corrected chi connectivity index (χ2v) is 7.10. The number of nitrogens with one attached hydrogen (secondary N) is 1. The van der Waals surface area contributed by atoms with E-state index in [4.69, 9.17) is 0 Å². The van der Waals surface area contributed by atoms with Crippen molar-refractivity contribution in [2.75, 3.05) is 13.1 Å². The van der Waals surface area contributed by atoms with Crippen LogP contribution in [0.2, 0.25) is 0 Å². The van der Waals surface area contributed by atoms with Crippen LogP contribution in [-0.2, 0) is 11.2 Å². The number of H-pyrrole nitrogens is 1. The Bertz CT molecular complexity index is 631. The molecule has 1 atom stereocenters. The van der Waals surface area contributed by atoms with E-state index in [2.05, 4.69) is 36.8 Å². The fourth-order valence-corrected chi connectivity index (χ4v) is 3.11. The Kier molecular flexibility index (Phi) is 5.74. The van der Waals surface area contributed by atoms with Gasteiger partial charge in [0.25, 0.3) is 5.56 Å². The van der Waals surface area contributed by atoms with E-state index >= 15 is 0 Å². The van der Waals surface area contributed by atoms with E-state index in [9.17, 15) is 9.59 Å². The van der Waals surface area contributed by atoms with Crippen molar-refractivity contribution in [3.8, 4) is 0 Å². The minimum Gasteiger partial charge on any atom is -0.342 e. The Balaban J connectivity index is 1.93. The highest BCUT2D eigenvalue weighted by molar-refractivity contribution is 5.77. The largest absolute Gasteiger partial charge is 0.342 e. The van der Waals surface area contributed by atoms with Gasteiger partial charge in [-0.2, -0.15) is 0 Å². The van der Waals surface area contributed by atoms with Gasteiger partial charge in [0.1, 0.15) is 0 Å². The predicted molar refractivity (Wildman–Crippen MR) is 91.1 cm³/mol. The first-order valence-electron chi connectivity index (χ1n) is 8.33. The highest BCUT2D eigenvalue weighted by Crippen LogP contribution is 2.34. The number of amides is 1. The fraction of sp³-hybridized carbons (Fsp3) is 0.611. The molecular weight excluding hydrogens is 290 g/mol. The predicted octanol–water partition coefficient (Wildman–Crippen LogP) is 2.69. The van der Waals surface area contributed by atoms with Crippen molar-refractivity contribution < 1.29 is 4.79 Å². The van der Waals surface area contributed by atoms with E-state index in [0.29, 0.717) is 19.4 Å². The van der Waals surface area contributed by atoms with Crippen LogP contribution in [0.1, 0.15) is 52.1 Å². The Hall–Kier alpha value is -1.91. The Morgan fingerprint density at radius 3 is 2.91 bits per heavy atom. The van der Waals surface area contributed by atoms with Crippen LogP contribution >= 0.6 is 0 Å². The molecule has 0 unspecified atom stereocenters. The van der Waals surface area contributed by atoms with E-state index in [1.54, 1.807) is 0 Å². The summed E-state index contributed by atoms with van der Waals surface area (Å²) in [6, 6.07) is 1.50. The minimum atomic E-state index is -0.147. The zero-order chi connectivity index (χ0) is 16.9. The third kappa shape index (κ3) is 5.34. The molecular formula is C18H27N3O2. The lowest BCUT2D eigenvalue weighted by atomic mass is 9.77. The van der Waals surface area contributed by atoms with E-state index in [-0.39, 0.29) is 16.9 Å². The summed E-state index contributed by atoms with van der Waals surface area (Å²) in [4.78, 5) is 32.1. The SMILES string of the molecule is CC(C)=CCC[C@]1(C)CCC(=O)N(CCc2cc(=O)[nH]cn2)C1. The molecule has 0 saturated carbocycles. The van der Waals surface area contributed by atoms with Crippen LogP contribution < -0.4 is 5.56 Å². The van der Waals surface area contributed by atoms with Crippen molar-refractivity contribution in [3.05, 3.63) is 40.1 Å². The van der Waals surface area contributed by atoms with Crippen LogP contribution in [0.3, 0.4) is 0 Å². The number of carbonyl (C=O) groups is 1. The van der Waals surface area contributed by atoms with Gasteiger partial charge in [-0.1, -0.05) is 18.6 Å². The molecule has 0 spiro atoms. The maximum atomic E-state index is 12.2. The number of hydrogen-bond donors (Lipinski definition) is 1. The van der Waals surface area contributed by atoms with Gasteiger partial charge in [-0.3, -0.25) is 9.59 Å². The molecule has 0 radical (unpaired) electrons. The molecule has 0 aromatic carbocycles. The standard InChI is InChI=1S/C18H27N3O2/c1-14(2)5-4-8-18(3)9-6-17(23)21(12-18)10-7-15-11-16(22)20-13-19-15/h5,11,13H,4,6-10,12H2,1-3H3,(H,19,20,22)/t18-/m1/s1. The van der Waals surface area contributed by atoms with E-state index < -0.39 is 0 Å². The summed E-state index contributed by atoms with van der Waals surface area (Å²) in [5, 5.41) is 0. The maximum absolute atomic E-state index is 12.2. The first-order chi connectivity index (χ1) is 10.9. The zero-order valence-electron chi connectivity index (χ0n) is 14.4. The molecule has 5 heteroatoms. The second-order valence-electron chi connectivity index (χ2n) is 7.10. The number of piperidine rings is 1. The summed E-state index contributed by atoms with van der Waals surface area (Å²) >= 11 is 0. The average Bonchev–Trinajstić information content (AvgIpc) is 2.48. The van der Waals surface area contributed by atoms with Crippen molar-refractivity contribution in [1.29, 1.82) is 0 Å². The maximum Gasteiger partial charge on any atom is 0.250 e. The lowest BCUT2D eigenvalue weighted by Crippen LogP contribution is -2.46. The molecule has 2 rings (SSSR count). The van der Waals surface area contributed by atoms with Gasteiger partial charge in [-0.25, -0.2) is 4.98 Å². The van der Waals surface area contributed by atoms with Gasteiger partial charge in [0.2, 0.25) is 5.91 Å². The van der Waals surface area contributed by atoms with Gasteiger partial charge in [-0.15, -0.1) is 0 Å².